The van der Waals surface area contributed by atoms with Gasteiger partial charge in [0, 0.05) is 39.3 Å². The van der Waals surface area contributed by atoms with Crippen molar-refractivity contribution in [2.45, 2.75) is 52.5 Å². The molecule has 0 aliphatic carbocycles. The third-order valence-corrected chi connectivity index (χ3v) is 4.29. The van der Waals surface area contributed by atoms with Gasteiger partial charge in [0.05, 0.1) is 30.6 Å². The van der Waals surface area contributed by atoms with E-state index in [9.17, 15) is 0 Å². The van der Waals surface area contributed by atoms with Crippen LogP contribution in [0.2, 0.25) is 0 Å². The number of hydrogen-bond acceptors (Lipinski definition) is 5. The molecule has 1 aromatic heterocycles. The van der Waals surface area contributed by atoms with Gasteiger partial charge in [0.2, 0.25) is 5.88 Å². The van der Waals surface area contributed by atoms with E-state index in [0.717, 1.165) is 43.3 Å². The van der Waals surface area contributed by atoms with Crippen molar-refractivity contribution in [2.75, 3.05) is 26.7 Å². The van der Waals surface area contributed by atoms with Crippen LogP contribution in [0.4, 0.5) is 0 Å². The highest BCUT2D eigenvalue weighted by Gasteiger charge is 2.25. The Labute approximate surface area is 133 Å². The summed E-state index contributed by atoms with van der Waals surface area (Å²) in [5.41, 5.74) is 2.16. The minimum atomic E-state index is 0.312. The van der Waals surface area contributed by atoms with E-state index < -0.39 is 0 Å². The molecule has 1 N–H and O–H groups in total. The van der Waals surface area contributed by atoms with Gasteiger partial charge in [0.25, 0.3) is 0 Å². The Bertz CT molecular complexity index is 479. The van der Waals surface area contributed by atoms with Gasteiger partial charge in [-0.1, -0.05) is 0 Å². The number of nitrogens with one attached hydrogen (secondary N) is 1. The summed E-state index contributed by atoms with van der Waals surface area (Å²) in [5, 5.41) is 7.96. The standard InChI is InChI=1S/C16H30N4O2/c1-11(20-9-12(2)22-13(3)10-20)7-17-8-15-14(4)18-19(5)16(15)21-6/h11-13,17H,7-10H2,1-6H3/t11-,12-,13-/m0/s1. The summed E-state index contributed by atoms with van der Waals surface area (Å²) < 4.78 is 13.0. The molecule has 6 nitrogen and oxygen atoms in total. The zero-order valence-corrected chi connectivity index (χ0v) is 14.7. The summed E-state index contributed by atoms with van der Waals surface area (Å²) in [6.07, 6.45) is 0.624. The van der Waals surface area contributed by atoms with Crippen LogP contribution in [0.3, 0.4) is 0 Å². The molecule has 1 saturated heterocycles. The highest BCUT2D eigenvalue weighted by molar-refractivity contribution is 5.30. The number of methoxy groups -OCH3 is 1. The van der Waals surface area contributed by atoms with Crippen molar-refractivity contribution in [3.8, 4) is 5.88 Å². The van der Waals surface area contributed by atoms with Crippen molar-refractivity contribution in [3.63, 3.8) is 0 Å². The third-order valence-electron chi connectivity index (χ3n) is 4.29. The Morgan fingerprint density at radius 1 is 1.36 bits per heavy atom. The van der Waals surface area contributed by atoms with E-state index in [1.54, 1.807) is 11.8 Å². The molecule has 126 valence electrons. The fourth-order valence-electron chi connectivity index (χ4n) is 3.25. The second-order valence-electron chi connectivity index (χ2n) is 6.39. The van der Waals surface area contributed by atoms with E-state index >= 15 is 0 Å². The van der Waals surface area contributed by atoms with E-state index in [1.807, 2.05) is 14.0 Å². The lowest BCUT2D eigenvalue weighted by atomic mass is 10.1. The molecule has 0 saturated carbocycles. The van der Waals surface area contributed by atoms with Gasteiger partial charge in [-0.3, -0.25) is 4.90 Å². The largest absolute Gasteiger partial charge is 0.481 e. The van der Waals surface area contributed by atoms with Crippen LogP contribution in [0.15, 0.2) is 0 Å². The minimum Gasteiger partial charge on any atom is -0.481 e. The minimum absolute atomic E-state index is 0.312. The van der Waals surface area contributed by atoms with E-state index in [1.165, 1.54) is 0 Å². The molecule has 0 bridgehead atoms. The highest BCUT2D eigenvalue weighted by Crippen LogP contribution is 2.20. The summed E-state index contributed by atoms with van der Waals surface area (Å²) in [6, 6.07) is 0.483. The second-order valence-corrected chi connectivity index (χ2v) is 6.39. The van der Waals surface area contributed by atoms with Crippen LogP contribution in [0.25, 0.3) is 0 Å². The molecule has 1 aliphatic rings. The van der Waals surface area contributed by atoms with Crippen molar-refractivity contribution >= 4 is 0 Å². The number of aromatic nitrogens is 2. The Hall–Kier alpha value is -1.11. The Kier molecular flexibility index (Phi) is 5.83. The third kappa shape index (κ3) is 4.00. The molecule has 2 heterocycles. The summed E-state index contributed by atoms with van der Waals surface area (Å²) in [6.45, 7) is 12.3. The lowest BCUT2D eigenvalue weighted by molar-refractivity contribution is -0.0781. The summed E-state index contributed by atoms with van der Waals surface area (Å²) in [5.74, 6) is 0.839. The van der Waals surface area contributed by atoms with Crippen LogP contribution in [0, 0.1) is 6.92 Å². The van der Waals surface area contributed by atoms with Gasteiger partial charge >= 0.3 is 0 Å². The molecule has 0 unspecified atom stereocenters. The van der Waals surface area contributed by atoms with E-state index in [4.69, 9.17) is 9.47 Å². The lowest BCUT2D eigenvalue weighted by Crippen LogP contribution is -2.51. The van der Waals surface area contributed by atoms with Crippen LogP contribution in [-0.2, 0) is 18.3 Å². The molecule has 0 spiro atoms. The van der Waals surface area contributed by atoms with Crippen LogP contribution in [0.5, 0.6) is 5.88 Å². The predicted molar refractivity (Wildman–Crippen MR) is 87.2 cm³/mol. The lowest BCUT2D eigenvalue weighted by Gasteiger charge is -2.39. The fourth-order valence-corrected chi connectivity index (χ4v) is 3.25. The van der Waals surface area contributed by atoms with Crippen LogP contribution in [-0.4, -0.2) is 59.7 Å². The number of hydrogen-bond donors (Lipinski definition) is 1. The number of morpholine rings is 1. The zero-order chi connectivity index (χ0) is 16.3. The number of nitrogens with zero attached hydrogens (tertiary/aromatic N) is 3. The van der Waals surface area contributed by atoms with Crippen LogP contribution < -0.4 is 10.1 Å². The van der Waals surface area contributed by atoms with Gasteiger partial charge in [-0.2, -0.15) is 5.10 Å². The topological polar surface area (TPSA) is 51.6 Å². The first kappa shape index (κ1) is 17.2. The molecule has 2 rings (SSSR count). The van der Waals surface area contributed by atoms with Crippen molar-refractivity contribution in [1.82, 2.24) is 20.0 Å². The highest BCUT2D eigenvalue weighted by atomic mass is 16.5. The van der Waals surface area contributed by atoms with Gasteiger partial charge in [-0.25, -0.2) is 4.68 Å². The number of ether oxygens (including phenoxy) is 2. The van der Waals surface area contributed by atoms with E-state index in [2.05, 4.69) is 36.1 Å². The van der Waals surface area contributed by atoms with Crippen LogP contribution >= 0.6 is 0 Å². The maximum absolute atomic E-state index is 5.80. The normalized spacial score (nSPS) is 24.5. The fraction of sp³-hybridized carbons (Fsp3) is 0.812. The molecular weight excluding hydrogens is 280 g/mol. The Balaban J connectivity index is 1.86. The Morgan fingerprint density at radius 3 is 2.59 bits per heavy atom. The smallest absolute Gasteiger partial charge is 0.216 e. The molecule has 6 heteroatoms. The summed E-state index contributed by atoms with van der Waals surface area (Å²) >= 11 is 0. The van der Waals surface area contributed by atoms with Crippen molar-refractivity contribution in [3.05, 3.63) is 11.3 Å². The zero-order valence-electron chi connectivity index (χ0n) is 14.7. The quantitative estimate of drug-likeness (QED) is 0.859. The van der Waals surface area contributed by atoms with Gasteiger partial charge in [0.15, 0.2) is 0 Å². The summed E-state index contributed by atoms with van der Waals surface area (Å²) in [4.78, 5) is 2.50. The van der Waals surface area contributed by atoms with Gasteiger partial charge in [0.1, 0.15) is 0 Å². The van der Waals surface area contributed by atoms with Gasteiger partial charge in [-0.15, -0.1) is 0 Å². The first-order valence-electron chi connectivity index (χ1n) is 8.09. The molecule has 0 amide bonds. The van der Waals surface area contributed by atoms with Gasteiger partial charge in [-0.05, 0) is 27.7 Å². The molecule has 1 fully saturated rings. The number of aryl methyl sites for hydroxylation is 2. The maximum atomic E-state index is 5.80. The van der Waals surface area contributed by atoms with Crippen LogP contribution in [0.1, 0.15) is 32.0 Å². The molecule has 3 atom stereocenters. The molecule has 1 aromatic rings. The average molecular weight is 310 g/mol. The van der Waals surface area contributed by atoms with Gasteiger partial charge < -0.3 is 14.8 Å². The van der Waals surface area contributed by atoms with Crippen molar-refractivity contribution < 1.29 is 9.47 Å². The average Bonchev–Trinajstić information content (AvgIpc) is 2.71. The molecule has 0 aromatic carbocycles. The molecular formula is C16H30N4O2. The predicted octanol–water partition coefficient (Wildman–Crippen LogP) is 1.32. The van der Waals surface area contributed by atoms with Crippen molar-refractivity contribution in [2.24, 2.45) is 7.05 Å². The molecule has 0 radical (unpaired) electrons. The second kappa shape index (κ2) is 7.44. The maximum Gasteiger partial charge on any atom is 0.216 e. The van der Waals surface area contributed by atoms with E-state index in [0.29, 0.717) is 18.2 Å². The molecule has 1 aliphatic heterocycles. The molecule has 22 heavy (non-hydrogen) atoms. The Morgan fingerprint density at radius 2 is 2.00 bits per heavy atom. The summed E-state index contributed by atoms with van der Waals surface area (Å²) in [7, 11) is 3.60. The van der Waals surface area contributed by atoms with E-state index in [-0.39, 0.29) is 0 Å². The van der Waals surface area contributed by atoms with Crippen molar-refractivity contribution in [1.29, 1.82) is 0 Å². The first-order chi connectivity index (χ1) is 10.4. The number of rotatable bonds is 6. The first-order valence-corrected chi connectivity index (χ1v) is 8.09. The SMILES string of the molecule is COc1c(CNC[C@H](C)N2C[C@H](C)O[C@@H](C)C2)c(C)nn1C. The monoisotopic (exact) mass is 310 g/mol.